The standard InChI is InChI=1S/C40H73N9O11/c1-13-22(9)31(46-28(51)17-42-34(53)24(11)44-35(54)26(41)15-19(3)4)37(56)43-18-29(52)47-32(23(10)14-2)38(57)45-27(16-20(5)6)36(55)49-33(25(12)50)39(58)48-30(21(7)8)40(59)60/h19-27,30-33,50H,13-18,41H2,1-12H3,(H,42,53)(H,43,56)(H,44,54)(H,45,57)(H,46,51)(H,47,52)(H,48,58)(H,49,55)(H,59,60)/t22-,23-,24-,25+,26-,27-,30-,31-,32-,33-/m0/s1. The summed E-state index contributed by atoms with van der Waals surface area (Å²) in [5.41, 5.74) is 5.87. The summed E-state index contributed by atoms with van der Waals surface area (Å²) in [7, 11) is 0. The summed E-state index contributed by atoms with van der Waals surface area (Å²) < 4.78 is 0. The number of carboxylic acid groups (broad SMARTS) is 1. The van der Waals surface area contributed by atoms with Crippen molar-refractivity contribution in [1.29, 1.82) is 0 Å². The van der Waals surface area contributed by atoms with Gasteiger partial charge in [0, 0.05) is 0 Å². The number of aliphatic hydroxyl groups excluding tert-OH is 1. The van der Waals surface area contributed by atoms with Gasteiger partial charge in [0.25, 0.3) is 0 Å². The lowest BCUT2D eigenvalue weighted by atomic mass is 9.96. The smallest absolute Gasteiger partial charge is 0.326 e. The Morgan fingerprint density at radius 2 is 0.933 bits per heavy atom. The van der Waals surface area contributed by atoms with Crippen LogP contribution in [0.1, 0.15) is 109 Å². The van der Waals surface area contributed by atoms with Crippen LogP contribution >= 0.6 is 0 Å². The number of hydrogen-bond acceptors (Lipinski definition) is 11. The van der Waals surface area contributed by atoms with Crippen molar-refractivity contribution in [2.24, 2.45) is 35.3 Å². The van der Waals surface area contributed by atoms with Gasteiger partial charge in [0.2, 0.25) is 47.3 Å². The fourth-order valence-electron chi connectivity index (χ4n) is 5.83. The van der Waals surface area contributed by atoms with Crippen LogP contribution in [0.15, 0.2) is 0 Å². The van der Waals surface area contributed by atoms with Gasteiger partial charge in [0.1, 0.15) is 36.3 Å². The van der Waals surface area contributed by atoms with Gasteiger partial charge in [-0.1, -0.05) is 82.1 Å². The van der Waals surface area contributed by atoms with Crippen LogP contribution in [0.2, 0.25) is 0 Å². The molecule has 0 aromatic rings. The number of amides is 8. The van der Waals surface area contributed by atoms with Gasteiger partial charge in [-0.25, -0.2) is 4.79 Å². The van der Waals surface area contributed by atoms with E-state index in [9.17, 15) is 53.4 Å². The first kappa shape index (κ1) is 55.2. The minimum atomic E-state index is -1.55. The average Bonchev–Trinajstić information content (AvgIpc) is 3.15. The second-order valence-corrected chi connectivity index (χ2v) is 16.7. The third-order valence-corrected chi connectivity index (χ3v) is 9.92. The molecule has 0 radical (unpaired) electrons. The molecule has 0 saturated carbocycles. The van der Waals surface area contributed by atoms with E-state index in [2.05, 4.69) is 42.5 Å². The first-order valence-electron chi connectivity index (χ1n) is 20.8. The van der Waals surface area contributed by atoms with E-state index in [4.69, 9.17) is 5.73 Å². The Kier molecular flexibility index (Phi) is 24.9. The molecule has 0 heterocycles. The molecule has 0 aliphatic carbocycles. The van der Waals surface area contributed by atoms with E-state index < -0.39 is 132 Å². The van der Waals surface area contributed by atoms with Gasteiger partial charge in [-0.3, -0.25) is 38.4 Å². The summed E-state index contributed by atoms with van der Waals surface area (Å²) in [5.74, 6) is -8.40. The van der Waals surface area contributed by atoms with Crippen LogP contribution in [0.3, 0.4) is 0 Å². The third kappa shape index (κ3) is 19.9. The largest absolute Gasteiger partial charge is 0.480 e. The Morgan fingerprint density at radius 3 is 1.35 bits per heavy atom. The van der Waals surface area contributed by atoms with E-state index in [-0.39, 0.29) is 18.3 Å². The van der Waals surface area contributed by atoms with Crippen LogP contribution < -0.4 is 48.3 Å². The Labute approximate surface area is 354 Å². The van der Waals surface area contributed by atoms with E-state index in [0.717, 1.165) is 0 Å². The van der Waals surface area contributed by atoms with Crippen molar-refractivity contribution in [2.45, 2.75) is 157 Å². The maximum Gasteiger partial charge on any atom is 0.326 e. The second kappa shape index (κ2) is 27.1. The van der Waals surface area contributed by atoms with Crippen molar-refractivity contribution in [3.05, 3.63) is 0 Å². The molecule has 60 heavy (non-hydrogen) atoms. The Morgan fingerprint density at radius 1 is 0.500 bits per heavy atom. The van der Waals surface area contributed by atoms with Crippen molar-refractivity contribution >= 4 is 53.2 Å². The molecule has 12 N–H and O–H groups in total. The number of carbonyl (C=O) groups is 9. The molecule has 0 fully saturated rings. The molecule has 20 nitrogen and oxygen atoms in total. The summed E-state index contributed by atoms with van der Waals surface area (Å²) in [4.78, 5) is 116. The molecule has 0 aliphatic rings. The van der Waals surface area contributed by atoms with Crippen LogP contribution in [0.4, 0.5) is 0 Å². The van der Waals surface area contributed by atoms with E-state index in [1.807, 2.05) is 13.8 Å². The molecular weight excluding hydrogens is 782 g/mol. The zero-order chi connectivity index (χ0) is 46.6. The highest BCUT2D eigenvalue weighted by molar-refractivity contribution is 5.97. The highest BCUT2D eigenvalue weighted by Gasteiger charge is 2.35. The predicted molar refractivity (Wildman–Crippen MR) is 223 cm³/mol. The minimum absolute atomic E-state index is 0.0990. The molecule has 0 rings (SSSR count). The van der Waals surface area contributed by atoms with E-state index in [1.54, 1.807) is 55.4 Å². The first-order chi connectivity index (χ1) is 27.8. The van der Waals surface area contributed by atoms with Crippen molar-refractivity contribution in [3.8, 4) is 0 Å². The molecule has 0 spiro atoms. The quantitative estimate of drug-likeness (QED) is 0.0464. The molecule has 8 amide bonds. The lowest BCUT2D eigenvalue weighted by Gasteiger charge is -2.29. The van der Waals surface area contributed by atoms with Crippen LogP contribution in [-0.4, -0.2) is 125 Å². The monoisotopic (exact) mass is 856 g/mol. The normalized spacial score (nSPS) is 16.4. The predicted octanol–water partition coefficient (Wildman–Crippen LogP) is -1.22. The van der Waals surface area contributed by atoms with Gasteiger partial charge in [-0.15, -0.1) is 0 Å². The van der Waals surface area contributed by atoms with Crippen molar-refractivity contribution in [2.75, 3.05) is 13.1 Å². The number of nitrogens with one attached hydrogen (secondary N) is 8. The fourth-order valence-corrected chi connectivity index (χ4v) is 5.83. The van der Waals surface area contributed by atoms with Crippen molar-refractivity contribution in [1.82, 2.24) is 42.5 Å². The maximum absolute atomic E-state index is 13.7. The minimum Gasteiger partial charge on any atom is -0.480 e. The average molecular weight is 856 g/mol. The fraction of sp³-hybridized carbons (Fsp3) is 0.775. The van der Waals surface area contributed by atoms with Gasteiger partial charge < -0.3 is 58.5 Å². The molecule has 0 saturated heterocycles. The number of aliphatic carboxylic acids is 1. The lowest BCUT2D eigenvalue weighted by molar-refractivity contribution is -0.144. The van der Waals surface area contributed by atoms with E-state index in [0.29, 0.717) is 19.3 Å². The van der Waals surface area contributed by atoms with Crippen LogP contribution in [0.25, 0.3) is 0 Å². The van der Waals surface area contributed by atoms with Gasteiger partial charge >= 0.3 is 5.97 Å². The van der Waals surface area contributed by atoms with Crippen molar-refractivity contribution in [3.63, 3.8) is 0 Å². The van der Waals surface area contributed by atoms with Crippen LogP contribution in [0.5, 0.6) is 0 Å². The van der Waals surface area contributed by atoms with Gasteiger partial charge in [0.05, 0.1) is 25.2 Å². The number of nitrogens with two attached hydrogens (primary N) is 1. The molecule has 344 valence electrons. The number of carboxylic acids is 1. The number of hydrogen-bond donors (Lipinski definition) is 11. The summed E-state index contributed by atoms with van der Waals surface area (Å²) in [6, 6.07) is -8.13. The molecule has 10 atom stereocenters. The Hall–Kier alpha value is -4.85. The first-order valence-corrected chi connectivity index (χ1v) is 20.8. The zero-order valence-corrected chi connectivity index (χ0v) is 37.4. The summed E-state index contributed by atoms with van der Waals surface area (Å²) in [6.45, 7) is 19.2. The maximum atomic E-state index is 13.7. The van der Waals surface area contributed by atoms with E-state index in [1.165, 1.54) is 13.8 Å². The van der Waals surface area contributed by atoms with E-state index >= 15 is 0 Å². The highest BCUT2D eigenvalue weighted by atomic mass is 16.4. The highest BCUT2D eigenvalue weighted by Crippen LogP contribution is 2.13. The second-order valence-electron chi connectivity index (χ2n) is 16.7. The molecule has 0 aromatic carbocycles. The van der Waals surface area contributed by atoms with Gasteiger partial charge in [-0.05, 0) is 56.3 Å². The van der Waals surface area contributed by atoms with Crippen molar-refractivity contribution < 1.29 is 53.4 Å². The number of carbonyl (C=O) groups excluding carboxylic acids is 8. The molecule has 0 unspecified atom stereocenters. The molecule has 0 aliphatic heterocycles. The van der Waals surface area contributed by atoms with Crippen LogP contribution in [-0.2, 0) is 43.2 Å². The molecular formula is C40H73N9O11. The SMILES string of the molecule is CC[C@H](C)[C@H](NC(=O)CNC(=O)[C@H](C)NC(=O)[C@@H](N)CC(C)C)C(=O)NCC(=O)N[C@H](C(=O)N[C@@H](CC(C)C)C(=O)N[C@H](C(=O)N[C@H](C(=O)O)C(C)C)[C@@H](C)O)[C@@H](C)CC. The lowest BCUT2D eigenvalue weighted by Crippen LogP contribution is -2.61. The van der Waals surface area contributed by atoms with Crippen LogP contribution in [0, 0.1) is 29.6 Å². The topological polar surface area (TPSA) is 316 Å². The molecule has 20 heteroatoms. The molecule has 0 aromatic heterocycles. The Balaban J connectivity index is 5.73. The van der Waals surface area contributed by atoms with Gasteiger partial charge in [0.15, 0.2) is 0 Å². The number of aliphatic hydroxyl groups is 1. The summed E-state index contributed by atoms with van der Waals surface area (Å²) in [6.07, 6.45) is -0.0299. The summed E-state index contributed by atoms with van der Waals surface area (Å²) >= 11 is 0. The molecule has 0 bridgehead atoms. The van der Waals surface area contributed by atoms with Gasteiger partial charge in [-0.2, -0.15) is 0 Å². The zero-order valence-electron chi connectivity index (χ0n) is 37.4. The Bertz CT molecular complexity index is 1470. The summed E-state index contributed by atoms with van der Waals surface area (Å²) in [5, 5.41) is 39.8. The third-order valence-electron chi connectivity index (χ3n) is 9.92. The number of rotatable bonds is 27.